The van der Waals surface area contributed by atoms with Crippen molar-refractivity contribution in [3.05, 3.63) is 46.6 Å². The van der Waals surface area contributed by atoms with E-state index in [1.165, 1.54) is 6.07 Å². The normalized spacial score (nSPS) is 10.8. The van der Waals surface area contributed by atoms with Crippen LogP contribution in [0.15, 0.2) is 45.3 Å². The van der Waals surface area contributed by atoms with Gasteiger partial charge in [-0.1, -0.05) is 15.9 Å². The summed E-state index contributed by atoms with van der Waals surface area (Å²) in [5, 5.41) is 8.87. The van der Waals surface area contributed by atoms with E-state index in [-0.39, 0.29) is 11.3 Å². The number of carboxylic acids is 1. The van der Waals surface area contributed by atoms with Crippen molar-refractivity contribution in [3.63, 3.8) is 0 Å². The monoisotopic (exact) mass is 318 g/mol. The third-order valence-electron chi connectivity index (χ3n) is 2.56. The summed E-state index contributed by atoms with van der Waals surface area (Å²) in [7, 11) is 0. The molecule has 0 aliphatic heterocycles. The maximum absolute atomic E-state index is 10.8. The summed E-state index contributed by atoms with van der Waals surface area (Å²) in [5.74, 6) is -0.673. The zero-order valence-electron chi connectivity index (χ0n) is 9.50. The van der Waals surface area contributed by atoms with E-state index in [1.807, 2.05) is 24.3 Å². The van der Waals surface area contributed by atoms with Crippen LogP contribution in [0.25, 0.3) is 22.7 Å². The molecule has 0 bridgehead atoms. The maximum Gasteiger partial charge on any atom is 0.354 e. The number of hydrogen-bond donors (Lipinski definition) is 1. The second-order valence-corrected chi connectivity index (χ2v) is 4.76. The highest BCUT2D eigenvalue weighted by atomic mass is 79.9. The van der Waals surface area contributed by atoms with E-state index in [4.69, 9.17) is 9.52 Å². The molecule has 2 aromatic heterocycles. The summed E-state index contributed by atoms with van der Waals surface area (Å²) in [5.41, 5.74) is 1.50. The molecule has 3 rings (SSSR count). The molecule has 0 saturated carbocycles. The average molecular weight is 319 g/mol. The third-order valence-corrected chi connectivity index (χ3v) is 3.09. The Morgan fingerprint density at radius 2 is 1.84 bits per heavy atom. The minimum Gasteiger partial charge on any atom is -0.477 e. The van der Waals surface area contributed by atoms with Gasteiger partial charge in [-0.25, -0.2) is 9.78 Å². The van der Waals surface area contributed by atoms with Crippen molar-refractivity contribution in [2.45, 2.75) is 0 Å². The summed E-state index contributed by atoms with van der Waals surface area (Å²) in [4.78, 5) is 19.0. The topological polar surface area (TPSA) is 76.2 Å². The van der Waals surface area contributed by atoms with E-state index < -0.39 is 5.97 Å². The van der Waals surface area contributed by atoms with Gasteiger partial charge in [-0.05, 0) is 36.4 Å². The fraction of sp³-hybridized carbons (Fsp3) is 0. The zero-order chi connectivity index (χ0) is 13.4. The van der Waals surface area contributed by atoms with Crippen LogP contribution in [0.5, 0.6) is 0 Å². The van der Waals surface area contributed by atoms with Crippen LogP contribution < -0.4 is 0 Å². The first-order valence-electron chi connectivity index (χ1n) is 5.40. The number of benzene rings is 1. The smallest absolute Gasteiger partial charge is 0.354 e. The minimum absolute atomic E-state index is 0.0526. The average Bonchev–Trinajstić information content (AvgIpc) is 2.82. The van der Waals surface area contributed by atoms with E-state index >= 15 is 0 Å². The molecule has 0 unspecified atom stereocenters. The third kappa shape index (κ3) is 2.22. The van der Waals surface area contributed by atoms with Crippen molar-refractivity contribution < 1.29 is 14.3 Å². The predicted molar refractivity (Wildman–Crippen MR) is 71.9 cm³/mol. The van der Waals surface area contributed by atoms with Crippen molar-refractivity contribution in [1.29, 1.82) is 0 Å². The van der Waals surface area contributed by atoms with Gasteiger partial charge >= 0.3 is 5.97 Å². The largest absolute Gasteiger partial charge is 0.477 e. The molecular formula is C13H7BrN2O3. The number of fused-ring (bicyclic) bond motifs is 1. The Morgan fingerprint density at radius 1 is 1.11 bits per heavy atom. The molecule has 2 heterocycles. The second kappa shape index (κ2) is 4.47. The van der Waals surface area contributed by atoms with Gasteiger partial charge in [0.15, 0.2) is 16.9 Å². The fourth-order valence-corrected chi connectivity index (χ4v) is 1.92. The highest BCUT2D eigenvalue weighted by Gasteiger charge is 2.12. The summed E-state index contributed by atoms with van der Waals surface area (Å²) in [6, 6.07) is 10.4. The second-order valence-electron chi connectivity index (χ2n) is 3.85. The number of carbonyl (C=O) groups is 1. The van der Waals surface area contributed by atoms with Crippen LogP contribution in [0.1, 0.15) is 10.5 Å². The Labute approximate surface area is 116 Å². The molecule has 1 N–H and O–H groups in total. The van der Waals surface area contributed by atoms with E-state index in [0.29, 0.717) is 11.5 Å². The van der Waals surface area contributed by atoms with Gasteiger partial charge in [0.25, 0.3) is 0 Å². The van der Waals surface area contributed by atoms with Crippen molar-refractivity contribution in [2.75, 3.05) is 0 Å². The van der Waals surface area contributed by atoms with E-state index in [9.17, 15) is 4.79 Å². The standard InChI is InChI=1S/C13H7BrN2O3/c14-8-3-1-7(2-4-8)12-16-11-10(19-12)6-5-9(15-11)13(17)18/h1-6H,(H,17,18). The lowest BCUT2D eigenvalue weighted by Crippen LogP contribution is -1.99. The SMILES string of the molecule is O=C(O)c1ccc2oc(-c3ccc(Br)cc3)nc2n1. The van der Waals surface area contributed by atoms with Crippen LogP contribution in [0.2, 0.25) is 0 Å². The molecule has 0 saturated heterocycles. The number of nitrogens with zero attached hydrogens (tertiary/aromatic N) is 2. The van der Waals surface area contributed by atoms with Gasteiger partial charge < -0.3 is 9.52 Å². The first kappa shape index (κ1) is 11.9. The Morgan fingerprint density at radius 3 is 2.53 bits per heavy atom. The highest BCUT2D eigenvalue weighted by Crippen LogP contribution is 2.24. The first-order valence-corrected chi connectivity index (χ1v) is 6.19. The Hall–Kier alpha value is -2.21. The lowest BCUT2D eigenvalue weighted by Gasteiger charge is -1.94. The molecule has 3 aromatic rings. The molecule has 94 valence electrons. The van der Waals surface area contributed by atoms with E-state index in [2.05, 4.69) is 25.9 Å². The lowest BCUT2D eigenvalue weighted by molar-refractivity contribution is 0.0691. The van der Waals surface area contributed by atoms with Crippen LogP contribution in [-0.4, -0.2) is 21.0 Å². The van der Waals surface area contributed by atoms with Crippen LogP contribution in [0.4, 0.5) is 0 Å². The molecule has 1 aromatic carbocycles. The highest BCUT2D eigenvalue weighted by molar-refractivity contribution is 9.10. The number of rotatable bonds is 2. The number of aromatic nitrogens is 2. The maximum atomic E-state index is 10.8. The number of carboxylic acid groups (broad SMARTS) is 1. The summed E-state index contributed by atoms with van der Waals surface area (Å²) in [6.45, 7) is 0. The molecule has 0 spiro atoms. The molecule has 0 atom stereocenters. The van der Waals surface area contributed by atoms with Crippen molar-refractivity contribution >= 4 is 33.1 Å². The first-order chi connectivity index (χ1) is 9.13. The van der Waals surface area contributed by atoms with Gasteiger partial charge in [-0.3, -0.25) is 0 Å². The van der Waals surface area contributed by atoms with Crippen LogP contribution >= 0.6 is 15.9 Å². The number of pyridine rings is 1. The van der Waals surface area contributed by atoms with Crippen LogP contribution in [0.3, 0.4) is 0 Å². The molecule has 5 nitrogen and oxygen atoms in total. The molecule has 19 heavy (non-hydrogen) atoms. The van der Waals surface area contributed by atoms with Crippen LogP contribution in [-0.2, 0) is 0 Å². The lowest BCUT2D eigenvalue weighted by atomic mass is 10.2. The number of halogens is 1. The number of hydrogen-bond acceptors (Lipinski definition) is 4. The molecular weight excluding hydrogens is 312 g/mol. The van der Waals surface area contributed by atoms with Gasteiger partial charge in [0.1, 0.15) is 0 Å². The summed E-state index contributed by atoms with van der Waals surface area (Å²) in [6.07, 6.45) is 0. The van der Waals surface area contributed by atoms with Gasteiger partial charge in [0, 0.05) is 10.0 Å². The van der Waals surface area contributed by atoms with Gasteiger partial charge in [0.05, 0.1) is 0 Å². The number of oxazole rings is 1. The molecule has 0 fully saturated rings. The van der Waals surface area contributed by atoms with Gasteiger partial charge in [-0.15, -0.1) is 0 Å². The quantitative estimate of drug-likeness (QED) is 0.784. The summed E-state index contributed by atoms with van der Waals surface area (Å²) < 4.78 is 6.50. The minimum atomic E-state index is -1.09. The molecule has 0 aliphatic rings. The van der Waals surface area contributed by atoms with Crippen molar-refractivity contribution in [2.24, 2.45) is 0 Å². The van der Waals surface area contributed by atoms with Crippen molar-refractivity contribution in [1.82, 2.24) is 9.97 Å². The van der Waals surface area contributed by atoms with E-state index in [1.54, 1.807) is 6.07 Å². The zero-order valence-corrected chi connectivity index (χ0v) is 11.1. The molecule has 6 heteroatoms. The van der Waals surface area contributed by atoms with Gasteiger partial charge in [0.2, 0.25) is 5.89 Å². The fourth-order valence-electron chi connectivity index (χ4n) is 1.65. The van der Waals surface area contributed by atoms with Crippen LogP contribution in [0, 0.1) is 0 Å². The Balaban J connectivity index is 2.11. The number of aromatic carboxylic acids is 1. The molecule has 0 radical (unpaired) electrons. The summed E-state index contributed by atoms with van der Waals surface area (Å²) >= 11 is 3.35. The van der Waals surface area contributed by atoms with Gasteiger partial charge in [-0.2, -0.15) is 4.98 Å². The Kier molecular flexibility index (Phi) is 2.79. The van der Waals surface area contributed by atoms with E-state index in [0.717, 1.165) is 10.0 Å². The molecule has 0 aliphatic carbocycles. The molecule has 0 amide bonds. The van der Waals surface area contributed by atoms with Crippen molar-refractivity contribution in [3.8, 4) is 11.5 Å². The Bertz CT molecular complexity index is 765. The predicted octanol–water partition coefficient (Wildman–Crippen LogP) is 3.35.